The van der Waals surface area contributed by atoms with Gasteiger partial charge in [0.2, 0.25) is 0 Å². The molecule has 0 bridgehead atoms. The van der Waals surface area contributed by atoms with E-state index >= 15 is 0 Å². The molecule has 0 aliphatic carbocycles. The molecule has 0 aliphatic heterocycles. The van der Waals surface area contributed by atoms with Crippen LogP contribution in [0, 0.1) is 10.1 Å². The van der Waals surface area contributed by atoms with Crippen molar-refractivity contribution in [2.45, 2.75) is 19.8 Å². The zero-order valence-electron chi connectivity index (χ0n) is 10.4. The Morgan fingerprint density at radius 1 is 1.47 bits per heavy atom. The summed E-state index contributed by atoms with van der Waals surface area (Å²) in [6.07, 6.45) is 0. The molecule has 7 nitrogen and oxygen atoms in total. The maximum atomic E-state index is 10.7. The van der Waals surface area contributed by atoms with Crippen molar-refractivity contribution in [3.05, 3.63) is 39.0 Å². The van der Waals surface area contributed by atoms with E-state index in [1.165, 1.54) is 16.8 Å². The molecule has 0 aliphatic rings. The third-order valence-electron chi connectivity index (χ3n) is 2.65. The Morgan fingerprint density at radius 3 is 2.68 bits per heavy atom. The number of nitrogens with zero attached hydrogens (tertiary/aromatic N) is 4. The summed E-state index contributed by atoms with van der Waals surface area (Å²) in [5.41, 5.74) is 6.94. The van der Waals surface area contributed by atoms with Gasteiger partial charge in [-0.15, -0.1) is 5.10 Å². The first-order valence-electron chi connectivity index (χ1n) is 5.57. The SMILES string of the molecule is CC(C)c1c(N)nnn1-c1ccc([N+](=O)[O-])c(Cl)c1. The lowest BCUT2D eigenvalue weighted by atomic mass is 10.1. The van der Waals surface area contributed by atoms with Crippen molar-refractivity contribution in [1.82, 2.24) is 15.0 Å². The largest absolute Gasteiger partial charge is 0.381 e. The summed E-state index contributed by atoms with van der Waals surface area (Å²) in [5, 5.41) is 18.5. The van der Waals surface area contributed by atoms with Gasteiger partial charge in [-0.3, -0.25) is 10.1 Å². The minimum atomic E-state index is -0.537. The van der Waals surface area contributed by atoms with Crippen molar-refractivity contribution in [3.8, 4) is 5.69 Å². The van der Waals surface area contributed by atoms with Gasteiger partial charge in [-0.2, -0.15) is 0 Å². The number of nitro benzene ring substituents is 1. The number of nitro groups is 1. The summed E-state index contributed by atoms with van der Waals surface area (Å²) in [5.74, 6) is 0.452. The highest BCUT2D eigenvalue weighted by atomic mass is 35.5. The molecular weight excluding hydrogens is 270 g/mol. The monoisotopic (exact) mass is 281 g/mol. The minimum Gasteiger partial charge on any atom is -0.381 e. The summed E-state index contributed by atoms with van der Waals surface area (Å²) in [7, 11) is 0. The van der Waals surface area contributed by atoms with Crippen molar-refractivity contribution in [2.75, 3.05) is 5.73 Å². The lowest BCUT2D eigenvalue weighted by Gasteiger charge is -2.09. The van der Waals surface area contributed by atoms with Crippen molar-refractivity contribution < 1.29 is 4.92 Å². The molecule has 8 heteroatoms. The van der Waals surface area contributed by atoms with E-state index in [9.17, 15) is 10.1 Å². The predicted molar refractivity (Wildman–Crippen MR) is 71.5 cm³/mol. The molecule has 1 aromatic heterocycles. The van der Waals surface area contributed by atoms with Crippen LogP contribution in [0.3, 0.4) is 0 Å². The summed E-state index contributed by atoms with van der Waals surface area (Å²) >= 11 is 5.88. The maximum absolute atomic E-state index is 10.7. The van der Waals surface area contributed by atoms with E-state index in [1.807, 2.05) is 13.8 Å². The van der Waals surface area contributed by atoms with E-state index in [2.05, 4.69) is 10.3 Å². The first-order chi connectivity index (χ1) is 8.91. The van der Waals surface area contributed by atoms with Crippen LogP contribution in [0.25, 0.3) is 5.69 Å². The zero-order valence-corrected chi connectivity index (χ0v) is 11.1. The molecule has 1 heterocycles. The van der Waals surface area contributed by atoms with E-state index < -0.39 is 4.92 Å². The number of rotatable bonds is 3. The van der Waals surface area contributed by atoms with E-state index in [1.54, 1.807) is 6.07 Å². The number of anilines is 1. The predicted octanol–water partition coefficient (Wildman–Crippen LogP) is 2.53. The third kappa shape index (κ3) is 2.37. The summed E-state index contributed by atoms with van der Waals surface area (Å²) in [6, 6.07) is 4.36. The topological polar surface area (TPSA) is 99.9 Å². The van der Waals surface area contributed by atoms with Gasteiger partial charge in [-0.1, -0.05) is 30.7 Å². The van der Waals surface area contributed by atoms with Gasteiger partial charge in [-0.05, 0) is 18.1 Å². The third-order valence-corrected chi connectivity index (χ3v) is 2.95. The molecule has 2 N–H and O–H groups in total. The number of hydrogen-bond acceptors (Lipinski definition) is 5. The Morgan fingerprint density at radius 2 is 2.16 bits per heavy atom. The van der Waals surface area contributed by atoms with E-state index in [0.29, 0.717) is 11.5 Å². The molecule has 0 saturated heterocycles. The lowest BCUT2D eigenvalue weighted by Crippen LogP contribution is -2.05. The first kappa shape index (κ1) is 13.3. The molecule has 19 heavy (non-hydrogen) atoms. The molecule has 0 saturated carbocycles. The molecule has 0 fully saturated rings. The number of halogens is 1. The maximum Gasteiger partial charge on any atom is 0.288 e. The molecule has 2 rings (SSSR count). The van der Waals surface area contributed by atoms with E-state index in [0.717, 1.165) is 5.69 Å². The smallest absolute Gasteiger partial charge is 0.288 e. The highest BCUT2D eigenvalue weighted by molar-refractivity contribution is 6.32. The van der Waals surface area contributed by atoms with E-state index in [4.69, 9.17) is 17.3 Å². The molecule has 0 radical (unpaired) electrons. The first-order valence-corrected chi connectivity index (χ1v) is 5.95. The lowest BCUT2D eigenvalue weighted by molar-refractivity contribution is -0.384. The van der Waals surface area contributed by atoms with Gasteiger partial charge < -0.3 is 5.73 Å². The average molecular weight is 282 g/mol. The van der Waals surface area contributed by atoms with Gasteiger partial charge in [0.1, 0.15) is 5.02 Å². The minimum absolute atomic E-state index is 0.0475. The molecule has 0 unspecified atom stereocenters. The van der Waals surface area contributed by atoms with Crippen LogP contribution in [0.4, 0.5) is 11.5 Å². The van der Waals surface area contributed by atoms with Crippen LogP contribution in [0.5, 0.6) is 0 Å². The van der Waals surface area contributed by atoms with Gasteiger partial charge in [-0.25, -0.2) is 4.68 Å². The van der Waals surface area contributed by atoms with Gasteiger partial charge in [0.25, 0.3) is 5.69 Å². The van der Waals surface area contributed by atoms with Crippen LogP contribution >= 0.6 is 11.6 Å². The highest BCUT2D eigenvalue weighted by Crippen LogP contribution is 2.29. The Bertz CT molecular complexity index is 638. The molecule has 0 atom stereocenters. The highest BCUT2D eigenvalue weighted by Gasteiger charge is 2.18. The Labute approximate surface area is 114 Å². The second kappa shape index (κ2) is 4.85. The zero-order chi connectivity index (χ0) is 14.2. The van der Waals surface area contributed by atoms with Gasteiger partial charge >= 0.3 is 0 Å². The van der Waals surface area contributed by atoms with Crippen molar-refractivity contribution >= 4 is 23.1 Å². The number of benzene rings is 1. The molecule has 1 aromatic carbocycles. The number of nitrogen functional groups attached to an aromatic ring is 1. The summed E-state index contributed by atoms with van der Waals surface area (Å²) in [6.45, 7) is 3.91. The Kier molecular flexibility index (Phi) is 3.39. The molecule has 0 spiro atoms. The van der Waals surface area contributed by atoms with Crippen LogP contribution in [0.2, 0.25) is 5.02 Å². The van der Waals surface area contributed by atoms with Crippen molar-refractivity contribution in [3.63, 3.8) is 0 Å². The Hall–Kier alpha value is -2.15. The number of aromatic nitrogens is 3. The number of hydrogen-bond donors (Lipinski definition) is 1. The number of nitrogens with two attached hydrogens (primary N) is 1. The Balaban J connectivity index is 2.54. The molecule has 2 aromatic rings. The summed E-state index contributed by atoms with van der Waals surface area (Å²) in [4.78, 5) is 10.2. The average Bonchev–Trinajstić information content (AvgIpc) is 2.70. The van der Waals surface area contributed by atoms with Crippen molar-refractivity contribution in [2.24, 2.45) is 0 Å². The fourth-order valence-electron chi connectivity index (χ4n) is 1.81. The van der Waals surface area contributed by atoms with Crippen LogP contribution in [0.15, 0.2) is 18.2 Å². The molecule has 0 amide bonds. The quantitative estimate of drug-likeness (QED) is 0.688. The van der Waals surface area contributed by atoms with Crippen LogP contribution in [-0.4, -0.2) is 19.9 Å². The summed E-state index contributed by atoms with van der Waals surface area (Å²) < 4.78 is 1.54. The molecular formula is C11H12ClN5O2. The standard InChI is InChI=1S/C11H12ClN5O2/c1-6(2)10-11(13)14-15-16(10)7-3-4-9(17(18)19)8(12)5-7/h3-6H,13H2,1-2H3. The van der Waals surface area contributed by atoms with Crippen LogP contribution < -0.4 is 5.73 Å². The van der Waals surface area contributed by atoms with Crippen LogP contribution in [0.1, 0.15) is 25.5 Å². The molecule has 100 valence electrons. The van der Waals surface area contributed by atoms with Gasteiger partial charge in [0.05, 0.1) is 16.3 Å². The second-order valence-corrected chi connectivity index (χ2v) is 4.73. The normalized spacial score (nSPS) is 10.9. The van der Waals surface area contributed by atoms with Crippen molar-refractivity contribution in [1.29, 1.82) is 0 Å². The fourth-order valence-corrected chi connectivity index (χ4v) is 2.05. The van der Waals surface area contributed by atoms with Gasteiger partial charge in [0.15, 0.2) is 5.82 Å². The van der Waals surface area contributed by atoms with E-state index in [-0.39, 0.29) is 16.6 Å². The van der Waals surface area contributed by atoms with Gasteiger partial charge in [0, 0.05) is 6.07 Å². The second-order valence-electron chi connectivity index (χ2n) is 4.32. The van der Waals surface area contributed by atoms with Crippen LogP contribution in [-0.2, 0) is 0 Å². The fraction of sp³-hybridized carbons (Fsp3) is 0.273.